The summed E-state index contributed by atoms with van der Waals surface area (Å²) in [6, 6.07) is 23.2. The quantitative estimate of drug-likeness (QED) is 0.239. The van der Waals surface area contributed by atoms with Gasteiger partial charge in [0.2, 0.25) is 5.88 Å². The molecule has 3 N–H and O–H groups in total. The molecular weight excluding hydrogens is 470 g/mol. The van der Waals surface area contributed by atoms with Crippen LogP contribution in [0.5, 0.6) is 5.88 Å². The second kappa shape index (κ2) is 10.7. The summed E-state index contributed by atoms with van der Waals surface area (Å²) in [5.41, 5.74) is 6.46. The molecule has 0 radical (unpaired) electrons. The van der Waals surface area contributed by atoms with Crippen molar-refractivity contribution in [1.82, 2.24) is 10.1 Å². The number of aryl methyl sites for hydroxylation is 1. The van der Waals surface area contributed by atoms with Crippen molar-refractivity contribution in [1.29, 1.82) is 0 Å². The second-order valence-electron chi connectivity index (χ2n) is 9.39. The number of carbonyl (C=O) groups is 1. The average Bonchev–Trinajstić information content (AvgIpc) is 3.66. The highest BCUT2D eigenvalue weighted by Crippen LogP contribution is 2.40. The van der Waals surface area contributed by atoms with Crippen LogP contribution in [0.4, 0.5) is 16.3 Å². The van der Waals surface area contributed by atoms with E-state index in [4.69, 9.17) is 24.3 Å². The summed E-state index contributed by atoms with van der Waals surface area (Å²) in [5.74, 6) is 2.85. The Kier molecular flexibility index (Phi) is 7.07. The molecule has 0 aliphatic heterocycles. The fraction of sp³-hybridized carbons (Fsp3) is 0.276. The number of pyridine rings is 1. The molecule has 2 heterocycles. The molecule has 0 atom stereocenters. The van der Waals surface area contributed by atoms with Gasteiger partial charge in [-0.2, -0.15) is 4.98 Å². The van der Waals surface area contributed by atoms with Gasteiger partial charge >= 0.3 is 6.16 Å². The van der Waals surface area contributed by atoms with Crippen LogP contribution in [-0.2, 0) is 0 Å². The van der Waals surface area contributed by atoms with Crippen LogP contribution in [-0.4, -0.2) is 32.6 Å². The molecule has 0 bridgehead atoms. The molecule has 8 nitrogen and oxygen atoms in total. The Balaban J connectivity index is 0.000000655. The molecule has 2 aliphatic carbocycles. The van der Waals surface area contributed by atoms with Gasteiger partial charge in [0.25, 0.3) is 0 Å². The normalized spacial score (nSPS) is 14.7. The van der Waals surface area contributed by atoms with Gasteiger partial charge in [-0.25, -0.2) is 4.79 Å². The standard InChI is InChI=1S/C28H27N3O2.CH2O3/c1-18-27(30-25-6-3-7-26(29-25)32-24-4-2-5-24)28(33-31-18)23-16-14-22(15-17-23)21-12-10-20(11-13-21)19-8-9-19;2-1(3)4/h3,6-7,10-17,19,24H,2,4-5,8-9H2,1H3,(H,29,30);(H2,2,3,4). The van der Waals surface area contributed by atoms with Crippen molar-refractivity contribution < 1.29 is 24.3 Å². The van der Waals surface area contributed by atoms with Gasteiger partial charge in [0, 0.05) is 11.6 Å². The molecule has 6 rings (SSSR count). The van der Waals surface area contributed by atoms with E-state index in [-0.39, 0.29) is 0 Å². The molecule has 0 spiro atoms. The first kappa shape index (κ1) is 24.4. The first-order valence-electron chi connectivity index (χ1n) is 12.5. The number of carboxylic acid groups (broad SMARTS) is 2. The minimum absolute atomic E-state index is 0.295. The Morgan fingerprint density at radius 2 is 1.54 bits per heavy atom. The Morgan fingerprint density at radius 1 is 0.919 bits per heavy atom. The summed E-state index contributed by atoms with van der Waals surface area (Å²) in [6.45, 7) is 1.93. The highest BCUT2D eigenvalue weighted by atomic mass is 16.6. The summed E-state index contributed by atoms with van der Waals surface area (Å²) < 4.78 is 11.6. The Hall–Kier alpha value is -4.33. The van der Waals surface area contributed by atoms with Crippen LogP contribution in [0.15, 0.2) is 71.3 Å². The Labute approximate surface area is 214 Å². The first-order chi connectivity index (χ1) is 18.0. The lowest BCUT2D eigenvalue weighted by Crippen LogP contribution is -2.24. The van der Waals surface area contributed by atoms with Gasteiger partial charge in [0.05, 0.1) is 0 Å². The molecule has 2 aromatic heterocycles. The van der Waals surface area contributed by atoms with Crippen molar-refractivity contribution in [3.63, 3.8) is 0 Å². The van der Waals surface area contributed by atoms with E-state index in [0.717, 1.165) is 35.7 Å². The average molecular weight is 500 g/mol. The predicted octanol–water partition coefficient (Wildman–Crippen LogP) is 7.49. The number of aromatic nitrogens is 2. The van der Waals surface area contributed by atoms with Crippen molar-refractivity contribution in [2.24, 2.45) is 0 Å². The zero-order chi connectivity index (χ0) is 25.8. The van der Waals surface area contributed by atoms with Crippen LogP contribution < -0.4 is 10.1 Å². The van der Waals surface area contributed by atoms with E-state index in [0.29, 0.717) is 23.6 Å². The lowest BCUT2D eigenvalue weighted by Gasteiger charge is -2.25. The SMILES string of the molecule is Cc1noc(-c2ccc(-c3ccc(C4CC4)cc3)cc2)c1Nc1cccc(OC2CCC2)n1.O=C(O)O. The van der Waals surface area contributed by atoms with Crippen molar-refractivity contribution >= 4 is 17.7 Å². The molecule has 37 heavy (non-hydrogen) atoms. The minimum Gasteiger partial charge on any atom is -0.474 e. The van der Waals surface area contributed by atoms with Gasteiger partial charge in [0.15, 0.2) is 5.76 Å². The highest BCUT2D eigenvalue weighted by Gasteiger charge is 2.23. The molecule has 2 aromatic carbocycles. The van der Waals surface area contributed by atoms with Gasteiger partial charge < -0.3 is 24.8 Å². The maximum atomic E-state index is 8.56. The summed E-state index contributed by atoms with van der Waals surface area (Å²) in [4.78, 5) is 13.2. The summed E-state index contributed by atoms with van der Waals surface area (Å²) in [5, 5.41) is 21.5. The Bertz CT molecular complexity index is 1350. The summed E-state index contributed by atoms with van der Waals surface area (Å²) >= 11 is 0. The fourth-order valence-electron chi connectivity index (χ4n) is 4.23. The largest absolute Gasteiger partial charge is 0.503 e. The van der Waals surface area contributed by atoms with E-state index in [2.05, 4.69) is 64.0 Å². The third-order valence-electron chi connectivity index (χ3n) is 6.62. The number of hydrogen-bond donors (Lipinski definition) is 3. The fourth-order valence-corrected chi connectivity index (χ4v) is 4.23. The van der Waals surface area contributed by atoms with Crippen LogP contribution in [0.3, 0.4) is 0 Å². The van der Waals surface area contributed by atoms with Crippen LogP contribution in [0.25, 0.3) is 22.5 Å². The van der Waals surface area contributed by atoms with Crippen LogP contribution in [0.1, 0.15) is 49.3 Å². The molecule has 0 unspecified atom stereocenters. The van der Waals surface area contributed by atoms with Gasteiger partial charge in [-0.1, -0.05) is 59.8 Å². The monoisotopic (exact) mass is 499 g/mol. The maximum absolute atomic E-state index is 8.56. The third-order valence-corrected chi connectivity index (χ3v) is 6.62. The minimum atomic E-state index is -1.83. The first-order valence-corrected chi connectivity index (χ1v) is 12.5. The number of nitrogens with zero attached hydrogens (tertiary/aromatic N) is 2. The number of ether oxygens (including phenoxy) is 1. The number of hydrogen-bond acceptors (Lipinski definition) is 6. The van der Waals surface area contributed by atoms with Crippen molar-refractivity contribution in [3.8, 4) is 28.3 Å². The molecule has 4 aromatic rings. The maximum Gasteiger partial charge on any atom is 0.503 e. The predicted molar refractivity (Wildman–Crippen MR) is 141 cm³/mol. The number of benzene rings is 2. The molecule has 0 saturated heterocycles. The zero-order valence-corrected chi connectivity index (χ0v) is 20.6. The molecule has 8 heteroatoms. The smallest absolute Gasteiger partial charge is 0.474 e. The van der Waals surface area contributed by atoms with E-state index in [9.17, 15) is 0 Å². The molecular formula is C29H29N3O5. The number of rotatable bonds is 7. The van der Waals surface area contributed by atoms with Crippen LogP contribution in [0.2, 0.25) is 0 Å². The third kappa shape index (κ3) is 6.09. The van der Waals surface area contributed by atoms with E-state index >= 15 is 0 Å². The van der Waals surface area contributed by atoms with Crippen molar-refractivity contribution in [2.45, 2.75) is 51.0 Å². The van der Waals surface area contributed by atoms with Crippen molar-refractivity contribution in [3.05, 3.63) is 78.0 Å². The summed E-state index contributed by atoms with van der Waals surface area (Å²) in [7, 11) is 0. The van der Waals surface area contributed by atoms with E-state index in [1.807, 2.05) is 25.1 Å². The van der Waals surface area contributed by atoms with Crippen LogP contribution in [0, 0.1) is 6.92 Å². The van der Waals surface area contributed by atoms with Gasteiger partial charge in [-0.3, -0.25) is 0 Å². The van der Waals surface area contributed by atoms with Crippen molar-refractivity contribution in [2.75, 3.05) is 5.32 Å². The lowest BCUT2D eigenvalue weighted by atomic mass is 9.96. The van der Waals surface area contributed by atoms with E-state index in [1.54, 1.807) is 0 Å². The Morgan fingerprint density at radius 3 is 2.14 bits per heavy atom. The molecule has 190 valence electrons. The van der Waals surface area contributed by atoms with Gasteiger partial charge in [-0.15, -0.1) is 0 Å². The lowest BCUT2D eigenvalue weighted by molar-refractivity contribution is 0.115. The molecule has 2 fully saturated rings. The zero-order valence-electron chi connectivity index (χ0n) is 20.6. The molecule has 2 saturated carbocycles. The van der Waals surface area contributed by atoms with E-state index in [1.165, 1.54) is 36.0 Å². The molecule has 2 aliphatic rings. The van der Waals surface area contributed by atoms with Gasteiger partial charge in [-0.05, 0) is 67.7 Å². The molecule has 0 amide bonds. The summed E-state index contributed by atoms with van der Waals surface area (Å²) in [6.07, 6.45) is 4.56. The van der Waals surface area contributed by atoms with Gasteiger partial charge in [0.1, 0.15) is 23.3 Å². The topological polar surface area (TPSA) is 118 Å². The second-order valence-corrected chi connectivity index (χ2v) is 9.39. The number of nitrogens with one attached hydrogen (secondary N) is 1. The number of anilines is 2. The van der Waals surface area contributed by atoms with Crippen LogP contribution >= 0.6 is 0 Å². The van der Waals surface area contributed by atoms with E-state index < -0.39 is 6.16 Å². The highest BCUT2D eigenvalue weighted by molar-refractivity contribution is 5.79.